The molecule has 2 fully saturated rings. The lowest BCUT2D eigenvalue weighted by Gasteiger charge is -2.36. The van der Waals surface area contributed by atoms with E-state index in [0.717, 1.165) is 39.0 Å². The van der Waals surface area contributed by atoms with Gasteiger partial charge in [-0.1, -0.05) is 13.8 Å². The number of benzene rings is 1. The summed E-state index contributed by atoms with van der Waals surface area (Å²) < 4.78 is 0. The molecular weight excluding hydrogens is 332 g/mol. The molecule has 3 atom stereocenters. The molecule has 0 aliphatic carbocycles. The van der Waals surface area contributed by atoms with Gasteiger partial charge in [0, 0.05) is 44.4 Å². The molecule has 7 heteroatoms. The number of hydrogen-bond acceptors (Lipinski definition) is 5. The van der Waals surface area contributed by atoms with Crippen LogP contribution < -0.4 is 10.2 Å². The van der Waals surface area contributed by atoms with Crippen molar-refractivity contribution in [3.8, 4) is 0 Å². The number of anilines is 1. The van der Waals surface area contributed by atoms with Crippen LogP contribution in [-0.4, -0.2) is 55.0 Å². The van der Waals surface area contributed by atoms with Crippen LogP contribution in [0.1, 0.15) is 37.0 Å². The number of carbonyl (C=O) groups is 1. The molecule has 2 aliphatic heterocycles. The number of nitro groups is 1. The van der Waals surface area contributed by atoms with Crippen LogP contribution in [0.3, 0.4) is 0 Å². The molecule has 1 aromatic carbocycles. The van der Waals surface area contributed by atoms with E-state index in [1.807, 2.05) is 0 Å². The van der Waals surface area contributed by atoms with Gasteiger partial charge < -0.3 is 15.1 Å². The quantitative estimate of drug-likeness (QED) is 0.659. The summed E-state index contributed by atoms with van der Waals surface area (Å²) in [6, 6.07) is 5.07. The van der Waals surface area contributed by atoms with Crippen molar-refractivity contribution in [1.82, 2.24) is 10.2 Å². The van der Waals surface area contributed by atoms with Crippen molar-refractivity contribution in [2.24, 2.45) is 11.8 Å². The molecule has 1 N–H and O–H groups in total. The third-order valence-corrected chi connectivity index (χ3v) is 5.53. The second-order valence-electron chi connectivity index (χ2n) is 7.87. The number of hydrogen-bond donors (Lipinski definition) is 1. The fourth-order valence-electron chi connectivity index (χ4n) is 4.27. The van der Waals surface area contributed by atoms with Crippen molar-refractivity contribution in [3.05, 3.63) is 33.9 Å². The lowest BCUT2D eigenvalue weighted by atomic mass is 9.91. The number of amides is 1. The first-order valence-electron chi connectivity index (χ1n) is 9.38. The van der Waals surface area contributed by atoms with Gasteiger partial charge in [-0.25, -0.2) is 0 Å². The van der Waals surface area contributed by atoms with Crippen molar-refractivity contribution in [2.75, 3.05) is 38.1 Å². The van der Waals surface area contributed by atoms with E-state index in [-0.39, 0.29) is 22.6 Å². The molecule has 1 aromatic rings. The van der Waals surface area contributed by atoms with Crippen molar-refractivity contribution in [2.45, 2.75) is 32.7 Å². The Morgan fingerprint density at radius 3 is 2.58 bits per heavy atom. The average molecular weight is 360 g/mol. The zero-order chi connectivity index (χ0) is 18.8. The molecule has 0 bridgehead atoms. The maximum absolute atomic E-state index is 12.8. The van der Waals surface area contributed by atoms with Gasteiger partial charge in [0.05, 0.1) is 4.92 Å². The first kappa shape index (κ1) is 18.6. The highest BCUT2D eigenvalue weighted by Crippen LogP contribution is 2.34. The summed E-state index contributed by atoms with van der Waals surface area (Å²) in [5.41, 5.74) is 1.03. The van der Waals surface area contributed by atoms with Gasteiger partial charge in [0.25, 0.3) is 11.6 Å². The number of likely N-dealkylation sites (N-methyl/N-ethyl adjacent to an activating group) is 1. The van der Waals surface area contributed by atoms with Crippen LogP contribution in [0.4, 0.5) is 11.4 Å². The molecule has 0 aromatic heterocycles. The number of carbonyl (C=O) groups excluding carboxylic acids is 1. The predicted octanol–water partition coefficient (Wildman–Crippen LogP) is 2.51. The maximum atomic E-state index is 12.8. The summed E-state index contributed by atoms with van der Waals surface area (Å²) in [6.45, 7) is 7.64. The largest absolute Gasteiger partial charge is 0.365 e. The number of piperidine rings is 1. The molecule has 26 heavy (non-hydrogen) atoms. The molecular formula is C19H28N4O3. The average Bonchev–Trinajstić information content (AvgIpc) is 3.13. The first-order chi connectivity index (χ1) is 12.4. The molecule has 142 valence electrons. The third kappa shape index (κ3) is 3.82. The highest BCUT2D eigenvalue weighted by atomic mass is 16.6. The van der Waals surface area contributed by atoms with Crippen LogP contribution in [0.2, 0.25) is 0 Å². The Balaban J connectivity index is 1.87. The van der Waals surface area contributed by atoms with Crippen molar-refractivity contribution in [3.63, 3.8) is 0 Å². The molecule has 2 saturated heterocycles. The van der Waals surface area contributed by atoms with Crippen molar-refractivity contribution >= 4 is 17.3 Å². The zero-order valence-electron chi connectivity index (χ0n) is 15.8. The second kappa shape index (κ2) is 7.61. The Morgan fingerprint density at radius 1 is 1.31 bits per heavy atom. The van der Waals surface area contributed by atoms with Gasteiger partial charge in [-0.05, 0) is 43.4 Å². The minimum absolute atomic E-state index is 0.0232. The Hall–Kier alpha value is -2.15. The topological polar surface area (TPSA) is 78.7 Å². The smallest absolute Gasteiger partial charge is 0.293 e. The molecule has 1 amide bonds. The van der Waals surface area contributed by atoms with E-state index >= 15 is 0 Å². The fraction of sp³-hybridized carbons (Fsp3) is 0.632. The lowest BCUT2D eigenvalue weighted by Crippen LogP contribution is -2.39. The lowest BCUT2D eigenvalue weighted by molar-refractivity contribution is -0.384. The van der Waals surface area contributed by atoms with Gasteiger partial charge in [0.15, 0.2) is 0 Å². The Kier molecular flexibility index (Phi) is 5.46. The number of nitro benzene ring substituents is 1. The van der Waals surface area contributed by atoms with E-state index in [4.69, 9.17) is 0 Å². The molecule has 0 spiro atoms. The van der Waals surface area contributed by atoms with Crippen molar-refractivity contribution in [1.29, 1.82) is 0 Å². The number of rotatable bonds is 4. The van der Waals surface area contributed by atoms with Crippen LogP contribution in [-0.2, 0) is 0 Å². The Bertz CT molecular complexity index is 677. The molecule has 2 aliphatic rings. The van der Waals surface area contributed by atoms with E-state index in [1.165, 1.54) is 6.07 Å². The van der Waals surface area contributed by atoms with Crippen LogP contribution in [0.15, 0.2) is 18.2 Å². The number of nitrogens with one attached hydrogen (secondary N) is 1. The van der Waals surface area contributed by atoms with Crippen LogP contribution >= 0.6 is 0 Å². The predicted molar refractivity (Wildman–Crippen MR) is 102 cm³/mol. The van der Waals surface area contributed by atoms with Crippen LogP contribution in [0.25, 0.3) is 0 Å². The van der Waals surface area contributed by atoms with Gasteiger partial charge in [-0.3, -0.25) is 14.9 Å². The zero-order valence-corrected chi connectivity index (χ0v) is 15.8. The summed E-state index contributed by atoms with van der Waals surface area (Å²) in [6.07, 6.45) is 2.05. The fourth-order valence-corrected chi connectivity index (χ4v) is 4.27. The second-order valence-corrected chi connectivity index (χ2v) is 7.87. The summed E-state index contributed by atoms with van der Waals surface area (Å²) in [5, 5.41) is 14.9. The molecule has 0 radical (unpaired) electrons. The Morgan fingerprint density at radius 2 is 2.00 bits per heavy atom. The van der Waals surface area contributed by atoms with E-state index in [1.54, 1.807) is 24.1 Å². The summed E-state index contributed by atoms with van der Waals surface area (Å²) in [4.78, 5) is 27.9. The first-order valence-corrected chi connectivity index (χ1v) is 9.38. The maximum Gasteiger partial charge on any atom is 0.293 e. The molecule has 2 heterocycles. The van der Waals surface area contributed by atoms with E-state index in [0.29, 0.717) is 23.1 Å². The standard InChI is InChI=1S/C19H28N4O3/c1-13-8-14(2)12-22(11-13)17-5-4-15(9-18(17)23(25)26)19(24)21(3)16-6-7-20-10-16/h4-5,9,13-14,16,20H,6-8,10-12H2,1-3H3. The molecule has 0 saturated carbocycles. The van der Waals surface area contributed by atoms with Gasteiger partial charge in [0.2, 0.25) is 0 Å². The summed E-state index contributed by atoms with van der Waals surface area (Å²) in [5.74, 6) is 0.843. The minimum Gasteiger partial charge on any atom is -0.365 e. The SMILES string of the molecule is CC1CC(C)CN(c2ccc(C(=O)N(C)C3CCNC3)cc2[N+](=O)[O-])C1. The summed E-state index contributed by atoms with van der Waals surface area (Å²) >= 11 is 0. The normalized spacial score (nSPS) is 26.0. The van der Waals surface area contributed by atoms with Gasteiger partial charge >= 0.3 is 0 Å². The molecule has 3 unspecified atom stereocenters. The minimum atomic E-state index is -0.368. The van der Waals surface area contributed by atoms with E-state index < -0.39 is 0 Å². The highest BCUT2D eigenvalue weighted by molar-refractivity contribution is 5.96. The highest BCUT2D eigenvalue weighted by Gasteiger charge is 2.29. The van der Waals surface area contributed by atoms with E-state index in [9.17, 15) is 14.9 Å². The number of nitrogens with zero attached hydrogens (tertiary/aromatic N) is 3. The third-order valence-electron chi connectivity index (χ3n) is 5.53. The summed E-state index contributed by atoms with van der Waals surface area (Å²) in [7, 11) is 1.77. The van der Waals surface area contributed by atoms with Gasteiger partial charge in [-0.2, -0.15) is 0 Å². The van der Waals surface area contributed by atoms with Crippen molar-refractivity contribution < 1.29 is 9.72 Å². The monoisotopic (exact) mass is 360 g/mol. The van der Waals surface area contributed by atoms with Crippen LogP contribution in [0, 0.1) is 22.0 Å². The van der Waals surface area contributed by atoms with Gasteiger partial charge in [0.1, 0.15) is 5.69 Å². The van der Waals surface area contributed by atoms with Gasteiger partial charge in [-0.15, -0.1) is 0 Å². The molecule has 3 rings (SSSR count). The molecule has 7 nitrogen and oxygen atoms in total. The Labute approximate surface area is 154 Å². The van der Waals surface area contributed by atoms with E-state index in [2.05, 4.69) is 24.1 Å². The van der Waals surface area contributed by atoms with Crippen LogP contribution in [0.5, 0.6) is 0 Å².